The van der Waals surface area contributed by atoms with Crippen LogP contribution in [0.2, 0.25) is 0 Å². The third-order valence-electron chi connectivity index (χ3n) is 5.13. The first-order valence-electron chi connectivity index (χ1n) is 10.3. The molecule has 5 rings (SSSR count). The maximum Gasteiger partial charge on any atom is 0.233 e. The predicted molar refractivity (Wildman–Crippen MR) is 122 cm³/mol. The Morgan fingerprint density at radius 2 is 1.69 bits per heavy atom. The molecule has 160 valence electrons. The van der Waals surface area contributed by atoms with Crippen molar-refractivity contribution in [3.8, 4) is 17.2 Å². The Bertz CT molecular complexity index is 1380. The van der Waals surface area contributed by atoms with E-state index in [1.807, 2.05) is 72.2 Å². The molecule has 0 atom stereocenters. The third kappa shape index (κ3) is 3.53. The summed E-state index contributed by atoms with van der Waals surface area (Å²) in [5.74, 6) is 0.631. The molecule has 0 saturated carbocycles. The van der Waals surface area contributed by atoms with Crippen LogP contribution in [0.1, 0.15) is 12.5 Å². The van der Waals surface area contributed by atoms with Gasteiger partial charge in [0.05, 0.1) is 6.20 Å². The molecule has 0 unspecified atom stereocenters. The fraction of sp³-hybridized carbons (Fsp3) is 0.130. The lowest BCUT2D eigenvalue weighted by molar-refractivity contribution is 0.627. The van der Waals surface area contributed by atoms with Gasteiger partial charge in [0.1, 0.15) is 5.69 Å². The second-order valence-corrected chi connectivity index (χ2v) is 7.24. The first-order valence-corrected chi connectivity index (χ1v) is 10.3. The minimum Gasteiger partial charge on any atom is -0.382 e. The van der Waals surface area contributed by atoms with Gasteiger partial charge in [-0.1, -0.05) is 60.7 Å². The summed E-state index contributed by atoms with van der Waals surface area (Å²) in [6.07, 6.45) is 1.31. The quantitative estimate of drug-likeness (QED) is 0.424. The van der Waals surface area contributed by atoms with Gasteiger partial charge in [0.2, 0.25) is 11.9 Å². The van der Waals surface area contributed by atoms with Crippen LogP contribution in [0, 0.1) is 5.82 Å². The molecule has 0 spiro atoms. The highest BCUT2D eigenvalue weighted by molar-refractivity contribution is 5.84. The van der Waals surface area contributed by atoms with Crippen LogP contribution < -0.4 is 11.1 Å². The Hall–Kier alpha value is -4.27. The number of hydrogen-bond acceptors (Lipinski definition) is 6. The number of nitrogens with one attached hydrogen (secondary N) is 1. The molecule has 3 aromatic heterocycles. The van der Waals surface area contributed by atoms with Crippen LogP contribution in [-0.4, -0.2) is 29.3 Å². The van der Waals surface area contributed by atoms with E-state index >= 15 is 0 Å². The zero-order valence-corrected chi connectivity index (χ0v) is 17.4. The van der Waals surface area contributed by atoms with Crippen LogP contribution in [0.25, 0.3) is 28.4 Å². The summed E-state index contributed by atoms with van der Waals surface area (Å²) in [6, 6.07) is 19.1. The van der Waals surface area contributed by atoms with Crippen LogP contribution in [0.3, 0.4) is 0 Å². The molecule has 0 saturated heterocycles. The molecular formula is C23H21FN8. The highest BCUT2D eigenvalue weighted by Gasteiger charge is 2.20. The van der Waals surface area contributed by atoms with Gasteiger partial charge < -0.3 is 11.1 Å². The van der Waals surface area contributed by atoms with Crippen molar-refractivity contribution in [2.75, 3.05) is 11.1 Å². The summed E-state index contributed by atoms with van der Waals surface area (Å²) in [5.41, 5.74) is 9.24. The second-order valence-electron chi connectivity index (χ2n) is 7.24. The van der Waals surface area contributed by atoms with E-state index in [-0.39, 0.29) is 11.5 Å². The molecule has 3 heterocycles. The van der Waals surface area contributed by atoms with E-state index in [9.17, 15) is 4.39 Å². The van der Waals surface area contributed by atoms with Gasteiger partial charge >= 0.3 is 0 Å². The Labute approximate surface area is 183 Å². The number of aryl methyl sites for hydroxylation is 1. The van der Waals surface area contributed by atoms with Crippen molar-refractivity contribution in [1.29, 1.82) is 0 Å². The normalized spacial score (nSPS) is 11.2. The minimum absolute atomic E-state index is 0.245. The van der Waals surface area contributed by atoms with Crippen molar-refractivity contribution in [3.63, 3.8) is 0 Å². The van der Waals surface area contributed by atoms with Gasteiger partial charge in [0.25, 0.3) is 0 Å². The van der Waals surface area contributed by atoms with Crippen LogP contribution >= 0.6 is 0 Å². The number of anilines is 2. The van der Waals surface area contributed by atoms with Crippen LogP contribution in [0.15, 0.2) is 66.9 Å². The lowest BCUT2D eigenvalue weighted by Crippen LogP contribution is -2.09. The van der Waals surface area contributed by atoms with Gasteiger partial charge in [-0.25, -0.2) is 14.1 Å². The molecule has 9 heteroatoms. The fourth-order valence-corrected chi connectivity index (χ4v) is 3.58. The summed E-state index contributed by atoms with van der Waals surface area (Å²) < 4.78 is 17.9. The number of imidazole rings is 1. The highest BCUT2D eigenvalue weighted by Crippen LogP contribution is 2.26. The molecule has 5 aromatic rings. The molecule has 0 bridgehead atoms. The molecule has 3 N–H and O–H groups in total. The molecule has 0 radical (unpaired) electrons. The van der Waals surface area contributed by atoms with E-state index in [0.717, 1.165) is 5.56 Å². The topological polar surface area (TPSA) is 99.5 Å². The van der Waals surface area contributed by atoms with Crippen molar-refractivity contribution in [2.45, 2.75) is 20.0 Å². The number of hydrogen-bond donors (Lipinski definition) is 2. The van der Waals surface area contributed by atoms with Gasteiger partial charge in [-0.3, -0.25) is 4.57 Å². The molecule has 0 aliphatic heterocycles. The van der Waals surface area contributed by atoms with Crippen molar-refractivity contribution >= 4 is 22.9 Å². The van der Waals surface area contributed by atoms with Gasteiger partial charge in [-0.15, -0.1) is 0 Å². The number of nitrogens with zero attached hydrogens (tertiary/aromatic N) is 6. The van der Waals surface area contributed by atoms with Crippen molar-refractivity contribution in [2.24, 2.45) is 0 Å². The van der Waals surface area contributed by atoms with Crippen LogP contribution in [-0.2, 0) is 13.1 Å². The van der Waals surface area contributed by atoms with E-state index in [2.05, 4.69) is 25.4 Å². The van der Waals surface area contributed by atoms with E-state index in [4.69, 9.17) is 5.73 Å². The van der Waals surface area contributed by atoms with Crippen molar-refractivity contribution in [1.82, 2.24) is 29.3 Å². The number of fused-ring (bicyclic) bond motifs is 1. The molecule has 2 aromatic carbocycles. The van der Waals surface area contributed by atoms with Gasteiger partial charge in [0, 0.05) is 18.7 Å². The fourth-order valence-electron chi connectivity index (χ4n) is 3.58. The number of halogens is 1. The summed E-state index contributed by atoms with van der Waals surface area (Å²) in [6.45, 7) is 3.06. The van der Waals surface area contributed by atoms with E-state index in [0.29, 0.717) is 41.7 Å². The summed E-state index contributed by atoms with van der Waals surface area (Å²) in [5, 5.41) is 7.64. The van der Waals surface area contributed by atoms with Gasteiger partial charge in [0.15, 0.2) is 22.8 Å². The zero-order chi connectivity index (χ0) is 22.1. The Morgan fingerprint density at radius 3 is 2.41 bits per heavy atom. The molecular weight excluding hydrogens is 407 g/mol. The second kappa shape index (κ2) is 8.10. The lowest BCUT2D eigenvalue weighted by atomic mass is 10.1. The van der Waals surface area contributed by atoms with E-state index in [1.165, 1.54) is 10.9 Å². The Balaban J connectivity index is 1.54. The molecule has 8 nitrogen and oxygen atoms in total. The molecule has 0 aliphatic rings. The van der Waals surface area contributed by atoms with Crippen molar-refractivity contribution in [3.05, 3.63) is 78.2 Å². The smallest absolute Gasteiger partial charge is 0.233 e. The van der Waals surface area contributed by atoms with Gasteiger partial charge in [-0.2, -0.15) is 15.1 Å². The average molecular weight is 428 g/mol. The SMILES string of the molecule is CCn1c(-n2cc(F)c(-c3ccccc3)n2)nc2c(N)nc(NCc3ccccc3)nc21. The maximum atomic E-state index is 14.7. The number of rotatable bonds is 6. The van der Waals surface area contributed by atoms with Crippen LogP contribution in [0.5, 0.6) is 0 Å². The predicted octanol–water partition coefficient (Wildman–Crippen LogP) is 4.03. The first kappa shape index (κ1) is 19.7. The first-order chi connectivity index (χ1) is 15.6. The highest BCUT2D eigenvalue weighted by atomic mass is 19.1. The van der Waals surface area contributed by atoms with Crippen LogP contribution in [0.4, 0.5) is 16.2 Å². The zero-order valence-electron chi connectivity index (χ0n) is 17.4. The molecule has 0 amide bonds. The van der Waals surface area contributed by atoms with Crippen molar-refractivity contribution < 1.29 is 4.39 Å². The summed E-state index contributed by atoms with van der Waals surface area (Å²) in [4.78, 5) is 13.5. The number of nitrogen functional groups attached to an aromatic ring is 1. The number of nitrogens with two attached hydrogens (primary N) is 1. The number of benzene rings is 2. The summed E-state index contributed by atoms with van der Waals surface area (Å²) >= 11 is 0. The molecule has 32 heavy (non-hydrogen) atoms. The monoisotopic (exact) mass is 428 g/mol. The average Bonchev–Trinajstić information content (AvgIpc) is 3.39. The molecule has 0 fully saturated rings. The molecule has 0 aliphatic carbocycles. The third-order valence-corrected chi connectivity index (χ3v) is 5.13. The largest absolute Gasteiger partial charge is 0.382 e. The minimum atomic E-state index is -0.435. The standard InChI is InChI=1S/C23H21FN8/c1-2-31-21-19(20(25)28-22(29-21)26-13-15-9-5-3-6-10-15)27-23(31)32-14-17(24)18(30-32)16-11-7-4-8-12-16/h3-12,14H,2,13H2,1H3,(H3,25,26,28,29). The maximum absolute atomic E-state index is 14.7. The number of aromatic nitrogens is 6. The lowest BCUT2D eigenvalue weighted by Gasteiger charge is -2.08. The Morgan fingerprint density at radius 1 is 0.969 bits per heavy atom. The van der Waals surface area contributed by atoms with E-state index < -0.39 is 5.82 Å². The van der Waals surface area contributed by atoms with Gasteiger partial charge in [-0.05, 0) is 12.5 Å². The summed E-state index contributed by atoms with van der Waals surface area (Å²) in [7, 11) is 0. The van der Waals surface area contributed by atoms with E-state index in [1.54, 1.807) is 0 Å². The Kier molecular flexibility index (Phi) is 4.98.